The van der Waals surface area contributed by atoms with Gasteiger partial charge in [0.15, 0.2) is 0 Å². The van der Waals surface area contributed by atoms with Gasteiger partial charge in [-0.1, -0.05) is 30.3 Å². The fraction of sp³-hybridized carbons (Fsp3) is 0.316. The molecule has 2 rings (SSSR count). The first kappa shape index (κ1) is 19.0. The molecule has 1 N–H and O–H groups in total. The summed E-state index contributed by atoms with van der Waals surface area (Å²) in [6, 6.07) is 10.9. The van der Waals surface area contributed by atoms with E-state index in [0.717, 1.165) is 28.9 Å². The maximum atomic E-state index is 12.8. The minimum absolute atomic E-state index is 0.0869. The molecule has 0 saturated carbocycles. The molecular weight excluding hydrogens is 329 g/mol. The zero-order valence-corrected chi connectivity index (χ0v) is 14.4. The standard InChI is InChI=1S/C19H21F3N2O/c1-13-7-8-14(2)17(9-13)23-18(25)12-24(3)11-15-5-4-6-16(10-15)19(20,21)22/h4-10H,11-12H2,1-3H3,(H,23,25). The van der Waals surface area contributed by atoms with E-state index in [1.807, 2.05) is 32.0 Å². The van der Waals surface area contributed by atoms with Crippen molar-refractivity contribution in [3.63, 3.8) is 0 Å². The number of amides is 1. The number of nitrogens with one attached hydrogen (secondary N) is 1. The van der Waals surface area contributed by atoms with Crippen molar-refractivity contribution in [3.8, 4) is 0 Å². The molecule has 2 aromatic rings. The molecule has 3 nitrogen and oxygen atoms in total. The average Bonchev–Trinajstić information content (AvgIpc) is 2.50. The molecule has 0 saturated heterocycles. The van der Waals surface area contributed by atoms with Crippen LogP contribution in [0, 0.1) is 13.8 Å². The van der Waals surface area contributed by atoms with E-state index in [9.17, 15) is 18.0 Å². The van der Waals surface area contributed by atoms with Crippen LogP contribution in [0.4, 0.5) is 18.9 Å². The van der Waals surface area contributed by atoms with Crippen LogP contribution in [0.2, 0.25) is 0 Å². The number of anilines is 1. The Labute approximate surface area is 145 Å². The fourth-order valence-corrected chi connectivity index (χ4v) is 2.52. The summed E-state index contributed by atoms with van der Waals surface area (Å²) in [5.41, 5.74) is 2.57. The smallest absolute Gasteiger partial charge is 0.325 e. The highest BCUT2D eigenvalue weighted by molar-refractivity contribution is 5.93. The first-order chi connectivity index (χ1) is 11.6. The van der Waals surface area contributed by atoms with Crippen LogP contribution in [0.3, 0.4) is 0 Å². The molecule has 6 heteroatoms. The Morgan fingerprint density at radius 3 is 2.52 bits per heavy atom. The fourth-order valence-electron chi connectivity index (χ4n) is 2.52. The molecule has 0 aromatic heterocycles. The lowest BCUT2D eigenvalue weighted by Gasteiger charge is -2.18. The largest absolute Gasteiger partial charge is 0.416 e. The lowest BCUT2D eigenvalue weighted by Crippen LogP contribution is -2.30. The summed E-state index contributed by atoms with van der Waals surface area (Å²) in [5, 5.41) is 2.84. The molecule has 0 aliphatic heterocycles. The third-order valence-corrected chi connectivity index (χ3v) is 3.79. The topological polar surface area (TPSA) is 32.3 Å². The highest BCUT2D eigenvalue weighted by Crippen LogP contribution is 2.29. The number of carbonyl (C=O) groups is 1. The quantitative estimate of drug-likeness (QED) is 0.867. The molecule has 0 heterocycles. The normalized spacial score (nSPS) is 11.6. The van der Waals surface area contributed by atoms with Crippen molar-refractivity contribution < 1.29 is 18.0 Å². The van der Waals surface area contributed by atoms with Gasteiger partial charge in [-0.15, -0.1) is 0 Å². The maximum absolute atomic E-state index is 12.8. The number of hydrogen-bond acceptors (Lipinski definition) is 2. The molecule has 0 atom stereocenters. The zero-order valence-electron chi connectivity index (χ0n) is 14.4. The third kappa shape index (κ3) is 5.60. The van der Waals surface area contributed by atoms with E-state index in [1.54, 1.807) is 18.0 Å². The molecule has 0 unspecified atom stereocenters. The lowest BCUT2D eigenvalue weighted by atomic mass is 10.1. The van der Waals surface area contributed by atoms with Crippen LogP contribution in [0.1, 0.15) is 22.3 Å². The molecule has 134 valence electrons. The second kappa shape index (κ2) is 7.70. The van der Waals surface area contributed by atoms with E-state index in [1.165, 1.54) is 6.07 Å². The summed E-state index contributed by atoms with van der Waals surface area (Å²) in [6.07, 6.45) is -4.37. The number of halogens is 3. The summed E-state index contributed by atoms with van der Waals surface area (Å²) in [6.45, 7) is 4.18. The number of benzene rings is 2. The van der Waals surface area contributed by atoms with Gasteiger partial charge in [-0.2, -0.15) is 13.2 Å². The number of hydrogen-bond donors (Lipinski definition) is 1. The first-order valence-electron chi connectivity index (χ1n) is 7.87. The maximum Gasteiger partial charge on any atom is 0.416 e. The minimum Gasteiger partial charge on any atom is -0.325 e. The van der Waals surface area contributed by atoms with Gasteiger partial charge in [0.2, 0.25) is 5.91 Å². The number of likely N-dealkylation sites (N-methyl/N-ethyl adjacent to an activating group) is 1. The summed E-state index contributed by atoms with van der Waals surface area (Å²) < 4.78 is 38.3. The number of rotatable bonds is 5. The number of alkyl halides is 3. The van der Waals surface area contributed by atoms with Crippen LogP contribution in [-0.4, -0.2) is 24.4 Å². The van der Waals surface area contributed by atoms with Crippen LogP contribution in [0.15, 0.2) is 42.5 Å². The van der Waals surface area contributed by atoms with E-state index >= 15 is 0 Å². The van der Waals surface area contributed by atoms with Crippen LogP contribution >= 0.6 is 0 Å². The van der Waals surface area contributed by atoms with Gasteiger partial charge >= 0.3 is 6.18 Å². The van der Waals surface area contributed by atoms with E-state index < -0.39 is 11.7 Å². The van der Waals surface area contributed by atoms with Crippen LogP contribution in [-0.2, 0) is 17.5 Å². The van der Waals surface area contributed by atoms with Crippen molar-refractivity contribution in [1.29, 1.82) is 0 Å². The Morgan fingerprint density at radius 1 is 1.12 bits per heavy atom. The van der Waals surface area contributed by atoms with Gasteiger partial charge in [0, 0.05) is 12.2 Å². The summed E-state index contributed by atoms with van der Waals surface area (Å²) >= 11 is 0. The molecule has 0 bridgehead atoms. The Morgan fingerprint density at radius 2 is 1.84 bits per heavy atom. The number of nitrogens with zero attached hydrogens (tertiary/aromatic N) is 1. The summed E-state index contributed by atoms with van der Waals surface area (Å²) in [7, 11) is 1.70. The Kier molecular flexibility index (Phi) is 5.85. The van der Waals surface area contributed by atoms with E-state index in [2.05, 4.69) is 5.32 Å². The summed E-state index contributed by atoms with van der Waals surface area (Å²) in [4.78, 5) is 13.8. The van der Waals surface area contributed by atoms with E-state index in [-0.39, 0.29) is 19.0 Å². The van der Waals surface area contributed by atoms with Gasteiger partial charge in [-0.05, 0) is 49.7 Å². The average molecular weight is 350 g/mol. The van der Waals surface area contributed by atoms with Gasteiger partial charge in [-0.3, -0.25) is 9.69 Å². The molecule has 0 fully saturated rings. The minimum atomic E-state index is -4.37. The van der Waals surface area contributed by atoms with E-state index in [4.69, 9.17) is 0 Å². The Balaban J connectivity index is 1.97. The van der Waals surface area contributed by atoms with Gasteiger partial charge in [-0.25, -0.2) is 0 Å². The third-order valence-electron chi connectivity index (χ3n) is 3.79. The first-order valence-corrected chi connectivity index (χ1v) is 7.87. The molecule has 0 aliphatic carbocycles. The number of aryl methyl sites for hydroxylation is 2. The molecule has 0 radical (unpaired) electrons. The second-order valence-electron chi connectivity index (χ2n) is 6.24. The highest BCUT2D eigenvalue weighted by atomic mass is 19.4. The second-order valence-corrected chi connectivity index (χ2v) is 6.24. The lowest BCUT2D eigenvalue weighted by molar-refractivity contribution is -0.137. The van der Waals surface area contributed by atoms with Crippen molar-refractivity contribution in [1.82, 2.24) is 4.90 Å². The molecule has 2 aromatic carbocycles. The Bertz CT molecular complexity index is 757. The van der Waals surface area contributed by atoms with Crippen molar-refractivity contribution in [2.75, 3.05) is 18.9 Å². The van der Waals surface area contributed by atoms with E-state index in [0.29, 0.717) is 5.56 Å². The molecule has 25 heavy (non-hydrogen) atoms. The van der Waals surface area contributed by atoms with Gasteiger partial charge < -0.3 is 5.32 Å². The SMILES string of the molecule is Cc1ccc(C)c(NC(=O)CN(C)Cc2cccc(C(F)(F)F)c2)c1. The molecule has 1 amide bonds. The van der Waals surface area contributed by atoms with Gasteiger partial charge in [0.05, 0.1) is 12.1 Å². The van der Waals surface area contributed by atoms with Crippen molar-refractivity contribution in [2.24, 2.45) is 0 Å². The molecule has 0 aliphatic rings. The monoisotopic (exact) mass is 350 g/mol. The summed E-state index contributed by atoms with van der Waals surface area (Å²) in [5.74, 6) is -0.205. The highest BCUT2D eigenvalue weighted by Gasteiger charge is 2.30. The van der Waals surface area contributed by atoms with Gasteiger partial charge in [0.25, 0.3) is 0 Å². The predicted molar refractivity (Wildman–Crippen MR) is 92.3 cm³/mol. The van der Waals surface area contributed by atoms with Crippen molar-refractivity contribution in [3.05, 3.63) is 64.7 Å². The zero-order chi connectivity index (χ0) is 18.6. The van der Waals surface area contributed by atoms with Crippen LogP contribution in [0.25, 0.3) is 0 Å². The predicted octanol–water partition coefficient (Wildman–Crippen LogP) is 4.39. The Hall–Kier alpha value is -2.34. The van der Waals surface area contributed by atoms with Crippen LogP contribution in [0.5, 0.6) is 0 Å². The number of carbonyl (C=O) groups excluding carboxylic acids is 1. The van der Waals surface area contributed by atoms with Crippen molar-refractivity contribution >= 4 is 11.6 Å². The molecular formula is C19H21F3N2O. The van der Waals surface area contributed by atoms with Crippen molar-refractivity contribution in [2.45, 2.75) is 26.6 Å². The molecule has 0 spiro atoms. The van der Waals surface area contributed by atoms with Crippen LogP contribution < -0.4 is 5.32 Å². The van der Waals surface area contributed by atoms with Gasteiger partial charge in [0.1, 0.15) is 0 Å².